The molecular weight excluding hydrogens is 256 g/mol. The molecule has 104 valence electrons. The van der Waals surface area contributed by atoms with Crippen LogP contribution in [-0.2, 0) is 0 Å². The Morgan fingerprint density at radius 3 is 1.48 bits per heavy atom. The molecule has 0 unspecified atom stereocenters. The van der Waals surface area contributed by atoms with Crippen molar-refractivity contribution in [2.75, 3.05) is 16.9 Å². The van der Waals surface area contributed by atoms with Gasteiger partial charge in [-0.15, -0.1) is 0 Å². The minimum absolute atomic E-state index is 0.720. The van der Waals surface area contributed by atoms with Gasteiger partial charge in [0.25, 0.3) is 0 Å². The Morgan fingerprint density at radius 2 is 1.00 bits per heavy atom. The Bertz CT molecular complexity index is 611. The fraction of sp³-hybridized carbons (Fsp3) is 0.0526. The zero-order chi connectivity index (χ0) is 14.3. The van der Waals surface area contributed by atoms with Crippen molar-refractivity contribution >= 4 is 17.1 Å². The molecule has 0 amide bonds. The van der Waals surface area contributed by atoms with E-state index < -0.39 is 0 Å². The molecule has 2 nitrogen and oxygen atoms in total. The van der Waals surface area contributed by atoms with Crippen molar-refractivity contribution in [1.82, 2.24) is 0 Å². The van der Waals surface area contributed by atoms with Crippen LogP contribution in [0.4, 0.5) is 17.1 Å². The molecule has 0 aliphatic carbocycles. The van der Waals surface area contributed by atoms with Crippen molar-refractivity contribution in [3.8, 4) is 0 Å². The van der Waals surface area contributed by atoms with Crippen LogP contribution in [0.3, 0.4) is 0 Å². The Hall–Kier alpha value is -2.74. The lowest BCUT2D eigenvalue weighted by atomic mass is 10.2. The molecule has 0 atom stereocenters. The molecule has 0 fully saturated rings. The van der Waals surface area contributed by atoms with E-state index in [1.54, 1.807) is 0 Å². The Balaban J connectivity index is 1.83. The standard InChI is InChI=1S/C19H18N2/c1-4-10-17(11-5-1)20-16-21(18-12-6-2-7-13-18)19-14-8-3-9-15-19/h1-15,20H,16H2. The predicted octanol–water partition coefficient (Wildman–Crippen LogP) is 4.89. The van der Waals surface area contributed by atoms with Gasteiger partial charge in [0.2, 0.25) is 0 Å². The van der Waals surface area contributed by atoms with Crippen molar-refractivity contribution < 1.29 is 0 Å². The first-order valence-corrected chi connectivity index (χ1v) is 7.10. The first kappa shape index (κ1) is 13.3. The van der Waals surface area contributed by atoms with Crippen molar-refractivity contribution in [3.63, 3.8) is 0 Å². The van der Waals surface area contributed by atoms with Crippen molar-refractivity contribution in [2.45, 2.75) is 0 Å². The Morgan fingerprint density at radius 1 is 0.571 bits per heavy atom. The van der Waals surface area contributed by atoms with Crippen molar-refractivity contribution in [3.05, 3.63) is 91.0 Å². The van der Waals surface area contributed by atoms with Crippen LogP contribution in [0.25, 0.3) is 0 Å². The third-order valence-corrected chi connectivity index (χ3v) is 3.35. The van der Waals surface area contributed by atoms with Crippen LogP contribution in [0.1, 0.15) is 0 Å². The van der Waals surface area contributed by atoms with Gasteiger partial charge in [0.1, 0.15) is 0 Å². The molecule has 0 aromatic heterocycles. The summed E-state index contributed by atoms with van der Waals surface area (Å²) in [5, 5.41) is 3.47. The number of hydrogen-bond donors (Lipinski definition) is 1. The van der Waals surface area contributed by atoms with Gasteiger partial charge in [-0.1, -0.05) is 54.6 Å². The Kier molecular flexibility index (Phi) is 4.18. The number of rotatable bonds is 5. The predicted molar refractivity (Wildman–Crippen MR) is 90.0 cm³/mol. The van der Waals surface area contributed by atoms with Gasteiger partial charge in [-0.25, -0.2) is 0 Å². The molecule has 0 aliphatic rings. The van der Waals surface area contributed by atoms with Crippen molar-refractivity contribution in [1.29, 1.82) is 0 Å². The maximum Gasteiger partial charge on any atom is 0.0925 e. The highest BCUT2D eigenvalue weighted by Crippen LogP contribution is 2.24. The number of hydrogen-bond acceptors (Lipinski definition) is 2. The molecule has 0 aliphatic heterocycles. The average Bonchev–Trinajstić information content (AvgIpc) is 2.58. The molecule has 21 heavy (non-hydrogen) atoms. The van der Waals surface area contributed by atoms with Gasteiger partial charge in [0, 0.05) is 17.1 Å². The minimum Gasteiger partial charge on any atom is -0.367 e. The lowest BCUT2D eigenvalue weighted by Crippen LogP contribution is -2.24. The number of para-hydroxylation sites is 3. The third kappa shape index (κ3) is 3.42. The molecule has 2 heteroatoms. The van der Waals surface area contributed by atoms with Crippen LogP contribution < -0.4 is 10.2 Å². The maximum atomic E-state index is 3.47. The molecule has 0 heterocycles. The fourth-order valence-electron chi connectivity index (χ4n) is 2.27. The summed E-state index contributed by atoms with van der Waals surface area (Å²) in [7, 11) is 0. The summed E-state index contributed by atoms with van der Waals surface area (Å²) in [6.45, 7) is 0.720. The summed E-state index contributed by atoms with van der Waals surface area (Å²) < 4.78 is 0. The second kappa shape index (κ2) is 6.62. The number of anilines is 3. The second-order valence-corrected chi connectivity index (χ2v) is 4.80. The summed E-state index contributed by atoms with van der Waals surface area (Å²) in [5.41, 5.74) is 3.47. The highest BCUT2D eigenvalue weighted by Gasteiger charge is 2.07. The van der Waals surface area contributed by atoms with Gasteiger partial charge in [0.05, 0.1) is 6.67 Å². The zero-order valence-electron chi connectivity index (χ0n) is 11.8. The molecule has 0 bridgehead atoms. The molecule has 3 rings (SSSR count). The molecule has 3 aromatic carbocycles. The van der Waals surface area contributed by atoms with Gasteiger partial charge in [0.15, 0.2) is 0 Å². The van der Waals surface area contributed by atoms with Crippen LogP contribution >= 0.6 is 0 Å². The molecule has 0 spiro atoms. The first-order valence-electron chi connectivity index (χ1n) is 7.10. The van der Waals surface area contributed by atoms with Gasteiger partial charge in [-0.05, 0) is 36.4 Å². The number of nitrogens with zero attached hydrogens (tertiary/aromatic N) is 1. The first-order chi connectivity index (χ1) is 10.4. The van der Waals surface area contributed by atoms with Gasteiger partial charge >= 0.3 is 0 Å². The minimum atomic E-state index is 0.720. The molecule has 0 radical (unpaired) electrons. The van der Waals surface area contributed by atoms with Crippen LogP contribution in [-0.4, -0.2) is 6.67 Å². The van der Waals surface area contributed by atoms with Gasteiger partial charge in [-0.3, -0.25) is 0 Å². The summed E-state index contributed by atoms with van der Waals surface area (Å²) >= 11 is 0. The molecule has 0 saturated carbocycles. The van der Waals surface area contributed by atoms with Gasteiger partial charge in [-0.2, -0.15) is 0 Å². The van der Waals surface area contributed by atoms with E-state index in [1.807, 2.05) is 30.3 Å². The number of nitrogens with one attached hydrogen (secondary N) is 1. The van der Waals surface area contributed by atoms with E-state index in [1.165, 1.54) is 11.4 Å². The summed E-state index contributed by atoms with van der Waals surface area (Å²) in [4.78, 5) is 2.26. The normalized spacial score (nSPS) is 10.1. The third-order valence-electron chi connectivity index (χ3n) is 3.35. The number of benzene rings is 3. The van der Waals surface area contributed by atoms with Crippen LogP contribution in [0, 0.1) is 0 Å². The van der Waals surface area contributed by atoms with E-state index >= 15 is 0 Å². The largest absolute Gasteiger partial charge is 0.367 e. The maximum absolute atomic E-state index is 3.47. The van der Waals surface area contributed by atoms with Crippen LogP contribution in [0.2, 0.25) is 0 Å². The van der Waals surface area contributed by atoms with E-state index in [4.69, 9.17) is 0 Å². The zero-order valence-corrected chi connectivity index (χ0v) is 11.8. The summed E-state index contributed by atoms with van der Waals surface area (Å²) in [6, 6.07) is 31.1. The van der Waals surface area contributed by atoms with E-state index in [9.17, 15) is 0 Å². The fourth-order valence-corrected chi connectivity index (χ4v) is 2.27. The smallest absolute Gasteiger partial charge is 0.0925 e. The van der Waals surface area contributed by atoms with Gasteiger partial charge < -0.3 is 10.2 Å². The topological polar surface area (TPSA) is 15.3 Å². The quantitative estimate of drug-likeness (QED) is 0.666. The summed E-state index contributed by atoms with van der Waals surface area (Å²) in [6.07, 6.45) is 0. The van der Waals surface area contributed by atoms with E-state index in [-0.39, 0.29) is 0 Å². The molecule has 3 aromatic rings. The highest BCUT2D eigenvalue weighted by atomic mass is 15.2. The Labute approximate surface area is 125 Å². The highest BCUT2D eigenvalue weighted by molar-refractivity contribution is 5.64. The SMILES string of the molecule is c1ccc(NCN(c2ccccc2)c2ccccc2)cc1. The van der Waals surface area contributed by atoms with E-state index in [0.29, 0.717) is 0 Å². The van der Waals surface area contributed by atoms with E-state index in [0.717, 1.165) is 12.4 Å². The molecular formula is C19H18N2. The monoisotopic (exact) mass is 274 g/mol. The molecule has 0 saturated heterocycles. The van der Waals surface area contributed by atoms with Crippen molar-refractivity contribution in [2.24, 2.45) is 0 Å². The van der Waals surface area contributed by atoms with Crippen LogP contribution in [0.15, 0.2) is 91.0 Å². The summed E-state index contributed by atoms with van der Waals surface area (Å²) in [5.74, 6) is 0. The molecule has 1 N–H and O–H groups in total. The average molecular weight is 274 g/mol. The second-order valence-electron chi connectivity index (χ2n) is 4.80. The lowest BCUT2D eigenvalue weighted by molar-refractivity contribution is 1.03. The van der Waals surface area contributed by atoms with E-state index in [2.05, 4.69) is 70.9 Å². The lowest BCUT2D eigenvalue weighted by Gasteiger charge is -2.25. The van der Waals surface area contributed by atoms with Crippen LogP contribution in [0.5, 0.6) is 0 Å².